The smallest absolute Gasteiger partial charge is 0.410 e. The minimum Gasteiger partial charge on any atom is -0.445 e. The van der Waals surface area contributed by atoms with Crippen LogP contribution in [0, 0.1) is 5.82 Å². The summed E-state index contributed by atoms with van der Waals surface area (Å²) in [6.07, 6.45) is -0.320. The van der Waals surface area contributed by atoms with E-state index in [2.05, 4.69) is 10.3 Å². The van der Waals surface area contributed by atoms with Gasteiger partial charge in [0.1, 0.15) is 31.1 Å². The van der Waals surface area contributed by atoms with E-state index in [1.807, 2.05) is 60.7 Å². The van der Waals surface area contributed by atoms with E-state index in [0.29, 0.717) is 11.9 Å². The van der Waals surface area contributed by atoms with E-state index in [0.717, 1.165) is 27.0 Å². The number of ether oxygens (including phenoxy) is 2. The maximum absolute atomic E-state index is 14.3. The highest BCUT2D eigenvalue weighted by molar-refractivity contribution is 5.92. The number of aliphatic hydroxyl groups excluding tert-OH is 1. The first-order valence-corrected chi connectivity index (χ1v) is 17.0. The van der Waals surface area contributed by atoms with Crippen molar-refractivity contribution in [2.24, 2.45) is 0 Å². The van der Waals surface area contributed by atoms with Crippen molar-refractivity contribution in [1.82, 2.24) is 25.0 Å². The Bertz CT molecular complexity index is 1870. The van der Waals surface area contributed by atoms with Crippen LogP contribution in [0.5, 0.6) is 0 Å². The molecule has 2 aliphatic heterocycles. The predicted octanol–water partition coefficient (Wildman–Crippen LogP) is 4.54. The molecule has 0 radical (unpaired) electrons. The molecule has 3 N–H and O–H groups in total. The third kappa shape index (κ3) is 7.53. The molecule has 0 spiro atoms. The zero-order valence-corrected chi connectivity index (χ0v) is 28.7. The number of aromatic amines is 1. The first kappa shape index (κ1) is 35.4. The van der Waals surface area contributed by atoms with Gasteiger partial charge < -0.3 is 34.7 Å². The summed E-state index contributed by atoms with van der Waals surface area (Å²) in [5, 5.41) is 14.2. The summed E-state index contributed by atoms with van der Waals surface area (Å²) < 4.78 is 25.2. The Balaban J connectivity index is 1.20. The van der Waals surface area contributed by atoms with Crippen LogP contribution in [0.4, 0.5) is 14.0 Å². The van der Waals surface area contributed by atoms with Gasteiger partial charge in [0.2, 0.25) is 11.8 Å². The Labute approximate surface area is 295 Å². The molecule has 0 bridgehead atoms. The van der Waals surface area contributed by atoms with Gasteiger partial charge in [0.25, 0.3) is 0 Å². The average molecular weight is 700 g/mol. The van der Waals surface area contributed by atoms with Gasteiger partial charge in [-0.15, -0.1) is 0 Å². The Morgan fingerprint density at radius 1 is 0.961 bits per heavy atom. The molecule has 13 heteroatoms. The molecule has 0 unspecified atom stereocenters. The average Bonchev–Trinajstić information content (AvgIpc) is 3.86. The fourth-order valence-corrected chi connectivity index (χ4v) is 7.06. The minimum absolute atomic E-state index is 0.0218. The van der Waals surface area contributed by atoms with Gasteiger partial charge in [0.05, 0.1) is 18.2 Å². The van der Waals surface area contributed by atoms with Gasteiger partial charge in [-0.1, -0.05) is 60.7 Å². The van der Waals surface area contributed by atoms with Crippen molar-refractivity contribution < 1.29 is 38.1 Å². The molecular formula is C38H42FN5O7. The summed E-state index contributed by atoms with van der Waals surface area (Å²) in [5.74, 6) is -1.97. The zero-order valence-electron chi connectivity index (χ0n) is 28.7. The molecular weight excluding hydrogens is 657 g/mol. The number of aliphatic hydroxyl groups is 1. The molecule has 3 heterocycles. The highest BCUT2D eigenvalue weighted by Gasteiger charge is 2.54. The molecule has 0 saturated carbocycles. The third-order valence-corrected chi connectivity index (χ3v) is 9.92. The van der Waals surface area contributed by atoms with Crippen LogP contribution < -0.4 is 5.32 Å². The molecule has 6 rings (SSSR count). The minimum atomic E-state index is -1.34. The number of fused-ring (bicyclic) bond motifs is 2. The van der Waals surface area contributed by atoms with Crippen molar-refractivity contribution in [2.45, 2.75) is 69.7 Å². The van der Waals surface area contributed by atoms with Crippen LogP contribution in [-0.2, 0) is 32.3 Å². The highest BCUT2D eigenvalue weighted by atomic mass is 19.1. The Kier molecular flexibility index (Phi) is 10.6. The number of nitrogens with one attached hydrogen (secondary N) is 2. The van der Waals surface area contributed by atoms with Gasteiger partial charge in [0, 0.05) is 43.2 Å². The van der Waals surface area contributed by atoms with E-state index < -0.39 is 60.1 Å². The number of H-pyrrole nitrogens is 1. The molecule has 2 aliphatic rings. The SMILES string of the molecule is C[C@@H](O)[C@H](NC(=O)[C@H](C)N(C)C(=O)OCc1ccccc1)C(=O)N1CC[C@@H]2[C@H]1[C@@H](c1c[nH]c3cc(F)ccc13)CN2C(=O)OCc1ccccc1. The van der Waals surface area contributed by atoms with E-state index in [-0.39, 0.29) is 32.2 Å². The van der Waals surface area contributed by atoms with E-state index in [9.17, 15) is 28.7 Å². The number of likely N-dealkylation sites (tertiary alicyclic amines) is 2. The number of rotatable bonds is 10. The quantitative estimate of drug-likeness (QED) is 0.221. The van der Waals surface area contributed by atoms with Crippen LogP contribution >= 0.6 is 0 Å². The Morgan fingerprint density at radius 2 is 1.61 bits per heavy atom. The summed E-state index contributed by atoms with van der Waals surface area (Å²) in [7, 11) is 1.42. The fraction of sp³-hybridized carbons (Fsp3) is 0.368. The first-order valence-electron chi connectivity index (χ1n) is 17.0. The van der Waals surface area contributed by atoms with E-state index in [1.165, 1.54) is 33.0 Å². The van der Waals surface area contributed by atoms with Gasteiger partial charge in [-0.05, 0) is 55.2 Å². The number of halogens is 1. The molecule has 4 amide bonds. The number of hydrogen-bond donors (Lipinski definition) is 3. The second-order valence-corrected chi connectivity index (χ2v) is 13.2. The summed E-state index contributed by atoms with van der Waals surface area (Å²) in [6, 6.07) is 19.5. The van der Waals surface area contributed by atoms with Gasteiger partial charge in [0.15, 0.2) is 0 Å². The van der Waals surface area contributed by atoms with Crippen LogP contribution in [0.25, 0.3) is 10.9 Å². The maximum Gasteiger partial charge on any atom is 0.410 e. The van der Waals surface area contributed by atoms with Gasteiger partial charge in [-0.3, -0.25) is 14.5 Å². The number of carbonyl (C=O) groups excluding carboxylic acids is 4. The summed E-state index contributed by atoms with van der Waals surface area (Å²) in [5.41, 5.74) is 3.00. The number of hydrogen-bond acceptors (Lipinski definition) is 7. The number of amides is 4. The number of carbonyl (C=O) groups is 4. The van der Waals surface area contributed by atoms with Gasteiger partial charge >= 0.3 is 12.2 Å². The molecule has 2 fully saturated rings. The first-order chi connectivity index (χ1) is 24.5. The van der Waals surface area contributed by atoms with Crippen molar-refractivity contribution >= 4 is 34.9 Å². The molecule has 51 heavy (non-hydrogen) atoms. The second-order valence-electron chi connectivity index (χ2n) is 13.2. The van der Waals surface area contributed by atoms with Crippen LogP contribution in [0.2, 0.25) is 0 Å². The standard InChI is InChI=1S/C38H42FN5O7/c1-23(42(3)37(48)50-21-25-10-6-4-7-11-25)35(46)41-33(24(2)45)36(47)43-17-16-32-34(43)30(29-19-40-31-18-27(39)14-15-28(29)31)20-44(32)38(49)51-22-26-12-8-5-9-13-26/h4-15,18-19,23-24,30,32-34,40,45H,16-17,20-22H2,1-3H3,(H,41,46)/t23-,24+,30+,32+,33-,34+/m0/s1. The molecule has 6 atom stereocenters. The van der Waals surface area contributed by atoms with Crippen molar-refractivity contribution in [3.8, 4) is 0 Å². The number of likely N-dealkylation sites (N-methyl/N-ethyl adjacent to an activating group) is 1. The van der Waals surface area contributed by atoms with Crippen LogP contribution in [0.1, 0.15) is 42.9 Å². The van der Waals surface area contributed by atoms with Gasteiger partial charge in [-0.25, -0.2) is 14.0 Å². The molecule has 268 valence electrons. The molecule has 1 aromatic heterocycles. The molecule has 3 aromatic carbocycles. The van der Waals surface area contributed by atoms with Crippen LogP contribution in [0.3, 0.4) is 0 Å². The monoisotopic (exact) mass is 699 g/mol. The van der Waals surface area contributed by atoms with Gasteiger partial charge in [-0.2, -0.15) is 0 Å². The van der Waals surface area contributed by atoms with Crippen molar-refractivity contribution in [3.05, 3.63) is 108 Å². The van der Waals surface area contributed by atoms with Crippen molar-refractivity contribution in [2.75, 3.05) is 20.1 Å². The summed E-state index contributed by atoms with van der Waals surface area (Å²) in [4.78, 5) is 61.6. The van der Waals surface area contributed by atoms with E-state index in [1.54, 1.807) is 22.1 Å². The topological polar surface area (TPSA) is 145 Å². The number of benzene rings is 3. The predicted molar refractivity (Wildman–Crippen MR) is 186 cm³/mol. The molecule has 4 aromatic rings. The third-order valence-electron chi connectivity index (χ3n) is 9.92. The lowest BCUT2D eigenvalue weighted by atomic mass is 9.91. The normalized spacial score (nSPS) is 20.0. The van der Waals surface area contributed by atoms with E-state index in [4.69, 9.17) is 9.47 Å². The zero-order chi connectivity index (χ0) is 36.2. The number of nitrogens with zero attached hydrogens (tertiary/aromatic N) is 3. The van der Waals surface area contributed by atoms with Crippen molar-refractivity contribution in [1.29, 1.82) is 0 Å². The summed E-state index contributed by atoms with van der Waals surface area (Å²) >= 11 is 0. The summed E-state index contributed by atoms with van der Waals surface area (Å²) in [6.45, 7) is 3.50. The molecule has 12 nitrogen and oxygen atoms in total. The lowest BCUT2D eigenvalue weighted by Gasteiger charge is -2.33. The molecule has 2 saturated heterocycles. The Hall–Kier alpha value is -5.43. The number of aromatic nitrogens is 1. The van der Waals surface area contributed by atoms with Crippen molar-refractivity contribution in [3.63, 3.8) is 0 Å². The van der Waals surface area contributed by atoms with Crippen LogP contribution in [-0.4, -0.2) is 99.2 Å². The van der Waals surface area contributed by atoms with E-state index >= 15 is 0 Å². The maximum atomic E-state index is 14.3. The lowest BCUT2D eigenvalue weighted by molar-refractivity contribution is -0.141. The van der Waals surface area contributed by atoms with Crippen LogP contribution in [0.15, 0.2) is 85.1 Å². The molecule has 0 aliphatic carbocycles. The Morgan fingerprint density at radius 3 is 2.25 bits per heavy atom. The fourth-order valence-electron chi connectivity index (χ4n) is 7.06. The lowest BCUT2D eigenvalue weighted by Crippen LogP contribution is -2.58. The largest absolute Gasteiger partial charge is 0.445 e. The second kappa shape index (κ2) is 15.2. The highest BCUT2D eigenvalue weighted by Crippen LogP contribution is 2.43.